The average molecular weight is 333 g/mol. The van der Waals surface area contributed by atoms with E-state index < -0.39 is 0 Å². The smallest absolute Gasteiger partial charge is 0.225 e. The molecule has 0 saturated carbocycles. The van der Waals surface area contributed by atoms with E-state index in [9.17, 15) is 4.79 Å². The fraction of sp³-hybridized carbons (Fsp3) is 0.625. The molecule has 1 saturated heterocycles. The predicted molar refractivity (Wildman–Crippen MR) is 94.9 cm³/mol. The zero-order valence-electron chi connectivity index (χ0n) is 14.6. The van der Waals surface area contributed by atoms with Gasteiger partial charge in [-0.3, -0.25) is 9.79 Å². The van der Waals surface area contributed by atoms with Gasteiger partial charge in [0, 0.05) is 58.1 Å². The third kappa shape index (κ3) is 4.81. The Hall–Kier alpha value is -2.38. The van der Waals surface area contributed by atoms with Crippen LogP contribution in [0.5, 0.6) is 0 Å². The maximum absolute atomic E-state index is 12.3. The second-order valence-electron chi connectivity index (χ2n) is 5.58. The summed E-state index contributed by atoms with van der Waals surface area (Å²) in [6, 6.07) is 1.80. The standard InChI is InChI=1S/C16H27N7O/c1-3-21(4-2)15(17)18-9-6-14(24)22-10-12-23(13-11-22)16-19-7-5-8-20-16/h5,7-8H,3-4,6,9-13H2,1-2H3,(H2,17,18). The number of aromatic nitrogens is 2. The molecule has 0 aliphatic carbocycles. The molecule has 0 aromatic carbocycles. The van der Waals surface area contributed by atoms with Crippen LogP contribution >= 0.6 is 0 Å². The van der Waals surface area contributed by atoms with Crippen LogP contribution in [0.3, 0.4) is 0 Å². The van der Waals surface area contributed by atoms with Crippen molar-refractivity contribution in [2.24, 2.45) is 10.7 Å². The van der Waals surface area contributed by atoms with Crippen LogP contribution in [-0.4, -0.2) is 77.4 Å². The van der Waals surface area contributed by atoms with Crippen LogP contribution in [0.2, 0.25) is 0 Å². The Kier molecular flexibility index (Phi) is 6.77. The molecule has 24 heavy (non-hydrogen) atoms. The van der Waals surface area contributed by atoms with Crippen molar-refractivity contribution >= 4 is 17.8 Å². The quantitative estimate of drug-likeness (QED) is 0.589. The van der Waals surface area contributed by atoms with Crippen molar-refractivity contribution < 1.29 is 4.79 Å². The minimum absolute atomic E-state index is 0.125. The number of amides is 1. The lowest BCUT2D eigenvalue weighted by atomic mass is 10.3. The SMILES string of the molecule is CCN(CC)C(N)=NCCC(=O)N1CCN(c2ncccn2)CC1. The van der Waals surface area contributed by atoms with Crippen molar-refractivity contribution in [1.82, 2.24) is 19.8 Å². The second-order valence-corrected chi connectivity index (χ2v) is 5.58. The van der Waals surface area contributed by atoms with E-state index in [0.29, 0.717) is 32.0 Å². The molecule has 1 aliphatic rings. The van der Waals surface area contributed by atoms with Crippen molar-refractivity contribution in [2.75, 3.05) is 50.7 Å². The highest BCUT2D eigenvalue weighted by Gasteiger charge is 2.22. The Morgan fingerprint density at radius 1 is 1.21 bits per heavy atom. The van der Waals surface area contributed by atoms with Gasteiger partial charge in [0.05, 0.1) is 6.54 Å². The molecule has 1 aliphatic heterocycles. The molecule has 1 aromatic rings. The van der Waals surface area contributed by atoms with Gasteiger partial charge in [0.15, 0.2) is 5.96 Å². The third-order valence-electron chi connectivity index (χ3n) is 4.15. The fourth-order valence-electron chi connectivity index (χ4n) is 2.68. The molecule has 0 bridgehead atoms. The number of rotatable bonds is 6. The summed E-state index contributed by atoms with van der Waals surface area (Å²) in [6.45, 7) is 9.02. The minimum Gasteiger partial charge on any atom is -0.370 e. The first-order valence-corrected chi connectivity index (χ1v) is 8.50. The number of nitrogens with two attached hydrogens (primary N) is 1. The van der Waals surface area contributed by atoms with Gasteiger partial charge in [0.1, 0.15) is 0 Å². The predicted octanol–water partition coefficient (Wildman–Crippen LogP) is 0.172. The van der Waals surface area contributed by atoms with Gasteiger partial charge < -0.3 is 20.4 Å². The van der Waals surface area contributed by atoms with Gasteiger partial charge >= 0.3 is 0 Å². The normalized spacial score (nSPS) is 15.5. The zero-order valence-corrected chi connectivity index (χ0v) is 14.6. The van der Waals surface area contributed by atoms with E-state index in [1.165, 1.54) is 0 Å². The molecule has 0 radical (unpaired) electrons. The Labute approximate surface area is 143 Å². The number of carbonyl (C=O) groups excluding carboxylic acids is 1. The molecule has 1 fully saturated rings. The number of nitrogens with zero attached hydrogens (tertiary/aromatic N) is 6. The van der Waals surface area contributed by atoms with Crippen LogP contribution in [-0.2, 0) is 4.79 Å². The number of carbonyl (C=O) groups is 1. The molecule has 2 N–H and O–H groups in total. The molecule has 0 atom stereocenters. The first-order chi connectivity index (χ1) is 11.7. The minimum atomic E-state index is 0.125. The van der Waals surface area contributed by atoms with E-state index in [1.54, 1.807) is 18.5 Å². The first-order valence-electron chi connectivity index (χ1n) is 8.50. The highest BCUT2D eigenvalue weighted by molar-refractivity contribution is 5.79. The Morgan fingerprint density at radius 3 is 2.42 bits per heavy atom. The monoisotopic (exact) mass is 333 g/mol. The number of piperazine rings is 1. The lowest BCUT2D eigenvalue weighted by molar-refractivity contribution is -0.131. The fourth-order valence-corrected chi connectivity index (χ4v) is 2.68. The summed E-state index contributed by atoms with van der Waals surface area (Å²) >= 11 is 0. The summed E-state index contributed by atoms with van der Waals surface area (Å²) < 4.78 is 0. The van der Waals surface area contributed by atoms with E-state index in [-0.39, 0.29) is 5.91 Å². The molecular weight excluding hydrogens is 306 g/mol. The van der Waals surface area contributed by atoms with E-state index >= 15 is 0 Å². The van der Waals surface area contributed by atoms with Gasteiger partial charge in [-0.1, -0.05) is 0 Å². The van der Waals surface area contributed by atoms with Crippen molar-refractivity contribution in [3.05, 3.63) is 18.5 Å². The van der Waals surface area contributed by atoms with E-state index in [0.717, 1.165) is 32.1 Å². The van der Waals surface area contributed by atoms with Gasteiger partial charge in [-0.05, 0) is 19.9 Å². The molecule has 132 valence electrons. The number of guanidine groups is 1. The van der Waals surface area contributed by atoms with Crippen LogP contribution in [0.4, 0.5) is 5.95 Å². The molecule has 1 aromatic heterocycles. The Morgan fingerprint density at radius 2 is 1.83 bits per heavy atom. The molecule has 1 amide bonds. The second kappa shape index (κ2) is 9.05. The summed E-state index contributed by atoms with van der Waals surface area (Å²) in [4.78, 5) is 31.0. The van der Waals surface area contributed by atoms with E-state index in [4.69, 9.17) is 5.73 Å². The van der Waals surface area contributed by atoms with Gasteiger partial charge in [-0.15, -0.1) is 0 Å². The lowest BCUT2D eigenvalue weighted by Gasteiger charge is -2.34. The highest BCUT2D eigenvalue weighted by atomic mass is 16.2. The van der Waals surface area contributed by atoms with Crippen LogP contribution < -0.4 is 10.6 Å². The van der Waals surface area contributed by atoms with Gasteiger partial charge in [0.2, 0.25) is 11.9 Å². The van der Waals surface area contributed by atoms with Crippen molar-refractivity contribution in [1.29, 1.82) is 0 Å². The number of aliphatic imine (C=N–C) groups is 1. The third-order valence-corrected chi connectivity index (χ3v) is 4.15. The number of anilines is 1. The Bertz CT molecular complexity index is 537. The van der Waals surface area contributed by atoms with Crippen LogP contribution in [0.15, 0.2) is 23.5 Å². The first kappa shape index (κ1) is 18.0. The van der Waals surface area contributed by atoms with Gasteiger partial charge in [0.25, 0.3) is 0 Å². The molecule has 2 heterocycles. The summed E-state index contributed by atoms with van der Waals surface area (Å²) in [7, 11) is 0. The summed E-state index contributed by atoms with van der Waals surface area (Å²) in [5.74, 6) is 1.36. The maximum Gasteiger partial charge on any atom is 0.225 e. The summed E-state index contributed by atoms with van der Waals surface area (Å²) in [5.41, 5.74) is 5.92. The molecule has 0 spiro atoms. The Balaban J connectivity index is 1.76. The molecule has 0 unspecified atom stereocenters. The van der Waals surface area contributed by atoms with Crippen molar-refractivity contribution in [3.63, 3.8) is 0 Å². The van der Waals surface area contributed by atoms with Crippen LogP contribution in [0, 0.1) is 0 Å². The molecular formula is C16H27N7O. The van der Waals surface area contributed by atoms with Crippen LogP contribution in [0.1, 0.15) is 20.3 Å². The maximum atomic E-state index is 12.3. The van der Waals surface area contributed by atoms with Crippen molar-refractivity contribution in [2.45, 2.75) is 20.3 Å². The topological polar surface area (TPSA) is 91.0 Å². The zero-order chi connectivity index (χ0) is 17.4. The van der Waals surface area contributed by atoms with Crippen molar-refractivity contribution in [3.8, 4) is 0 Å². The van der Waals surface area contributed by atoms with E-state index in [2.05, 4.69) is 19.9 Å². The largest absolute Gasteiger partial charge is 0.370 e. The van der Waals surface area contributed by atoms with Gasteiger partial charge in [-0.25, -0.2) is 9.97 Å². The number of hydrogen-bond donors (Lipinski definition) is 1. The van der Waals surface area contributed by atoms with Crippen LogP contribution in [0.25, 0.3) is 0 Å². The average Bonchev–Trinajstić information content (AvgIpc) is 2.63. The molecule has 8 nitrogen and oxygen atoms in total. The van der Waals surface area contributed by atoms with E-state index in [1.807, 2.05) is 23.6 Å². The van der Waals surface area contributed by atoms with Gasteiger partial charge in [-0.2, -0.15) is 0 Å². The highest BCUT2D eigenvalue weighted by Crippen LogP contribution is 2.10. The lowest BCUT2D eigenvalue weighted by Crippen LogP contribution is -2.49. The number of hydrogen-bond acceptors (Lipinski definition) is 5. The summed E-state index contributed by atoms with van der Waals surface area (Å²) in [6.07, 6.45) is 3.86. The molecule has 2 rings (SSSR count). The molecule has 8 heteroatoms. The summed E-state index contributed by atoms with van der Waals surface area (Å²) in [5, 5.41) is 0.